The molecule has 0 amide bonds. The zero-order valence-corrected chi connectivity index (χ0v) is 15.1. The molecule has 0 radical (unpaired) electrons. The van der Waals surface area contributed by atoms with Crippen LogP contribution < -0.4 is 0 Å². The van der Waals surface area contributed by atoms with E-state index >= 15 is 0 Å². The third-order valence-electron chi connectivity index (χ3n) is 6.15. The van der Waals surface area contributed by atoms with Crippen LogP contribution >= 0.6 is 0 Å². The smallest absolute Gasteiger partial charge is 0.0484 e. The summed E-state index contributed by atoms with van der Waals surface area (Å²) in [5.74, 6) is 2.82. The molecule has 3 unspecified atom stereocenters. The highest BCUT2D eigenvalue weighted by atomic mass is 28.3. The molecule has 1 aliphatic carbocycles. The predicted octanol–water partition coefficient (Wildman–Crippen LogP) is 4.62. The van der Waals surface area contributed by atoms with Crippen molar-refractivity contribution >= 4 is 8.07 Å². The average Bonchev–Trinajstić information content (AvgIpc) is 2.32. The Kier molecular flexibility index (Phi) is 4.97. The van der Waals surface area contributed by atoms with Crippen LogP contribution in [-0.2, 0) is 0 Å². The van der Waals surface area contributed by atoms with Gasteiger partial charge in [-0.3, -0.25) is 0 Å². The van der Waals surface area contributed by atoms with Gasteiger partial charge in [-0.1, -0.05) is 33.5 Å². The van der Waals surface area contributed by atoms with E-state index in [0.29, 0.717) is 11.0 Å². The molecule has 2 heteroatoms. The van der Waals surface area contributed by atoms with Crippen molar-refractivity contribution in [2.45, 2.75) is 77.2 Å². The first-order valence-corrected chi connectivity index (χ1v) is 11.3. The molecule has 1 fully saturated rings. The normalized spacial score (nSPS) is 32.8. The summed E-state index contributed by atoms with van der Waals surface area (Å²) in [5, 5.41) is 0. The fourth-order valence-corrected chi connectivity index (χ4v) is 4.02. The van der Waals surface area contributed by atoms with Gasteiger partial charge in [0.25, 0.3) is 0 Å². The van der Waals surface area contributed by atoms with Crippen molar-refractivity contribution in [2.24, 2.45) is 5.41 Å². The molecule has 110 valence electrons. The standard InChI is InChI=1S/C17H33NSi/c1-9-10-11-16(3)12-13-17(16,4)18(5)14-15(2)19(6,7)8/h1,15H,10-14H2,2-8H3. The van der Waals surface area contributed by atoms with Crippen molar-refractivity contribution in [3.63, 3.8) is 0 Å². The van der Waals surface area contributed by atoms with E-state index in [2.05, 4.69) is 58.3 Å². The first-order valence-electron chi connectivity index (χ1n) is 7.71. The minimum Gasteiger partial charge on any atom is -0.300 e. The summed E-state index contributed by atoms with van der Waals surface area (Å²) >= 11 is 0. The van der Waals surface area contributed by atoms with Crippen molar-refractivity contribution in [3.8, 4) is 12.3 Å². The third kappa shape index (κ3) is 3.25. The summed E-state index contributed by atoms with van der Waals surface area (Å²) in [7, 11) is 1.29. The molecule has 19 heavy (non-hydrogen) atoms. The van der Waals surface area contributed by atoms with Crippen molar-refractivity contribution in [3.05, 3.63) is 0 Å². The van der Waals surface area contributed by atoms with Crippen LogP contribution in [0.5, 0.6) is 0 Å². The zero-order chi connectivity index (χ0) is 14.9. The maximum absolute atomic E-state index is 5.46. The molecule has 1 aliphatic rings. The summed E-state index contributed by atoms with van der Waals surface area (Å²) in [4.78, 5) is 2.63. The van der Waals surface area contributed by atoms with Gasteiger partial charge in [0, 0.05) is 20.0 Å². The summed E-state index contributed by atoms with van der Waals surface area (Å²) in [6.45, 7) is 16.0. The maximum atomic E-state index is 5.46. The molecule has 0 N–H and O–H groups in total. The van der Waals surface area contributed by atoms with Gasteiger partial charge < -0.3 is 4.90 Å². The Balaban J connectivity index is 2.70. The minimum atomic E-state index is -1.04. The number of rotatable bonds is 6. The van der Waals surface area contributed by atoms with E-state index in [0.717, 1.165) is 12.0 Å². The molecule has 0 aromatic carbocycles. The maximum Gasteiger partial charge on any atom is 0.0484 e. The molecule has 3 atom stereocenters. The SMILES string of the molecule is C#CCCC1(C)CCC1(C)N(C)CC(C)[Si](C)(C)C. The molecule has 0 aromatic rings. The lowest BCUT2D eigenvalue weighted by atomic mass is 9.54. The Bertz CT molecular complexity index is 351. The van der Waals surface area contributed by atoms with E-state index in [4.69, 9.17) is 6.42 Å². The van der Waals surface area contributed by atoms with Gasteiger partial charge >= 0.3 is 0 Å². The van der Waals surface area contributed by atoms with E-state index in [9.17, 15) is 0 Å². The molecular formula is C17H33NSi. The third-order valence-corrected chi connectivity index (χ3v) is 9.29. The van der Waals surface area contributed by atoms with Crippen LogP contribution in [0.3, 0.4) is 0 Å². The summed E-state index contributed by atoms with van der Waals surface area (Å²) in [6.07, 6.45) is 10.2. The lowest BCUT2D eigenvalue weighted by molar-refractivity contribution is -0.0909. The molecule has 0 aliphatic heterocycles. The number of nitrogens with zero attached hydrogens (tertiary/aromatic N) is 1. The van der Waals surface area contributed by atoms with Crippen LogP contribution in [0.15, 0.2) is 0 Å². The van der Waals surface area contributed by atoms with Crippen LogP contribution in [0.25, 0.3) is 0 Å². The van der Waals surface area contributed by atoms with E-state index in [-0.39, 0.29) is 0 Å². The second-order valence-corrected chi connectivity index (χ2v) is 13.9. The molecule has 1 nitrogen and oxygen atoms in total. The molecule has 0 bridgehead atoms. The Morgan fingerprint density at radius 3 is 2.21 bits per heavy atom. The van der Waals surface area contributed by atoms with Gasteiger partial charge in [0.2, 0.25) is 0 Å². The Morgan fingerprint density at radius 2 is 1.84 bits per heavy atom. The molecule has 0 heterocycles. The van der Waals surface area contributed by atoms with E-state index in [1.165, 1.54) is 25.8 Å². The van der Waals surface area contributed by atoms with Gasteiger partial charge in [0.15, 0.2) is 0 Å². The Labute approximate surface area is 122 Å². The Morgan fingerprint density at radius 1 is 1.26 bits per heavy atom. The van der Waals surface area contributed by atoms with Crippen molar-refractivity contribution in [2.75, 3.05) is 13.6 Å². The van der Waals surface area contributed by atoms with Crippen LogP contribution in [0.2, 0.25) is 25.2 Å². The predicted molar refractivity (Wildman–Crippen MR) is 89.2 cm³/mol. The van der Waals surface area contributed by atoms with Crippen LogP contribution in [0.4, 0.5) is 0 Å². The van der Waals surface area contributed by atoms with Crippen molar-refractivity contribution in [1.29, 1.82) is 0 Å². The van der Waals surface area contributed by atoms with Crippen molar-refractivity contribution in [1.82, 2.24) is 4.90 Å². The van der Waals surface area contributed by atoms with Crippen LogP contribution in [0, 0.1) is 17.8 Å². The highest BCUT2D eigenvalue weighted by Gasteiger charge is 2.54. The molecule has 0 spiro atoms. The van der Waals surface area contributed by atoms with Crippen molar-refractivity contribution < 1.29 is 0 Å². The zero-order valence-electron chi connectivity index (χ0n) is 14.1. The fraction of sp³-hybridized carbons (Fsp3) is 0.882. The van der Waals surface area contributed by atoms with Gasteiger partial charge in [-0.2, -0.15) is 0 Å². The summed E-state index contributed by atoms with van der Waals surface area (Å²) < 4.78 is 0. The minimum absolute atomic E-state index is 0.345. The van der Waals surface area contributed by atoms with E-state index in [1.807, 2.05) is 0 Å². The van der Waals surface area contributed by atoms with E-state index < -0.39 is 8.07 Å². The van der Waals surface area contributed by atoms with E-state index in [1.54, 1.807) is 0 Å². The van der Waals surface area contributed by atoms with Gasteiger partial charge in [0.05, 0.1) is 0 Å². The molecular weight excluding hydrogens is 246 g/mol. The largest absolute Gasteiger partial charge is 0.300 e. The number of hydrogen-bond donors (Lipinski definition) is 0. The first-order chi connectivity index (χ1) is 8.57. The van der Waals surface area contributed by atoms with Gasteiger partial charge in [-0.15, -0.1) is 12.3 Å². The summed E-state index contributed by atoms with van der Waals surface area (Å²) in [6, 6.07) is 0. The molecule has 1 saturated carbocycles. The number of hydrogen-bond acceptors (Lipinski definition) is 1. The Hall–Kier alpha value is -0.263. The topological polar surface area (TPSA) is 3.24 Å². The highest BCUT2D eigenvalue weighted by Crippen LogP contribution is 2.55. The van der Waals surface area contributed by atoms with Gasteiger partial charge in [0.1, 0.15) is 0 Å². The second-order valence-electron chi connectivity index (χ2n) is 8.19. The highest BCUT2D eigenvalue weighted by molar-refractivity contribution is 6.77. The number of terminal acetylenes is 1. The monoisotopic (exact) mass is 279 g/mol. The lowest BCUT2D eigenvalue weighted by Crippen LogP contribution is -2.63. The average molecular weight is 280 g/mol. The molecule has 0 aromatic heterocycles. The van der Waals surface area contributed by atoms with Crippen LogP contribution in [0.1, 0.15) is 46.5 Å². The van der Waals surface area contributed by atoms with Crippen LogP contribution in [-0.4, -0.2) is 32.1 Å². The quantitative estimate of drug-likeness (QED) is 0.506. The first kappa shape index (κ1) is 16.8. The molecule has 0 saturated heterocycles. The fourth-order valence-electron chi connectivity index (χ4n) is 3.19. The lowest BCUT2D eigenvalue weighted by Gasteiger charge is -2.61. The second kappa shape index (κ2) is 5.62. The summed E-state index contributed by atoms with van der Waals surface area (Å²) in [5.41, 5.74) is 1.59. The van der Waals surface area contributed by atoms with Gasteiger partial charge in [-0.25, -0.2) is 0 Å². The molecule has 1 rings (SSSR count). The van der Waals surface area contributed by atoms with Gasteiger partial charge in [-0.05, 0) is 50.7 Å².